The number of halogens is 1. The van der Waals surface area contributed by atoms with Crippen LogP contribution in [0.1, 0.15) is 16.8 Å². The van der Waals surface area contributed by atoms with Gasteiger partial charge in [-0.05, 0) is 54.0 Å². The molecule has 8 heteroatoms. The minimum Gasteiger partial charge on any atom is -0.295 e. The summed E-state index contributed by atoms with van der Waals surface area (Å²) in [7, 11) is 3.46. The van der Waals surface area contributed by atoms with Crippen molar-refractivity contribution in [3.8, 4) is 5.69 Å². The van der Waals surface area contributed by atoms with Crippen molar-refractivity contribution in [1.29, 1.82) is 0 Å². The number of H-pyrrole nitrogens is 1. The molecular weight excluding hydrogens is 434 g/mol. The van der Waals surface area contributed by atoms with Crippen molar-refractivity contribution in [2.75, 3.05) is 0 Å². The highest BCUT2D eigenvalue weighted by molar-refractivity contribution is 9.10. The number of imidazole rings is 1. The lowest BCUT2D eigenvalue weighted by Crippen LogP contribution is -2.19. The number of nitrogens with zero attached hydrogens (tertiary/aromatic N) is 4. The van der Waals surface area contributed by atoms with Gasteiger partial charge in [-0.15, -0.1) is 0 Å². The monoisotopic (exact) mass is 453 g/mol. The molecule has 4 aromatic rings. The average molecular weight is 454 g/mol. The Labute approximate surface area is 175 Å². The molecule has 2 aromatic heterocycles. The number of aromatic amines is 1. The summed E-state index contributed by atoms with van der Waals surface area (Å²) in [6.07, 6.45) is 1.56. The molecular formula is C21H20BrN5O2. The molecule has 29 heavy (non-hydrogen) atoms. The Hall–Kier alpha value is -3.13. The van der Waals surface area contributed by atoms with E-state index in [1.165, 1.54) is 4.68 Å². The predicted octanol–water partition coefficient (Wildman–Crippen LogP) is 3.49. The highest BCUT2D eigenvalue weighted by Crippen LogP contribution is 2.30. The van der Waals surface area contributed by atoms with Crippen LogP contribution >= 0.6 is 15.9 Å². The van der Waals surface area contributed by atoms with Crippen LogP contribution in [0.15, 0.2) is 55.5 Å². The van der Waals surface area contributed by atoms with Gasteiger partial charge in [-0.2, -0.15) is 0 Å². The van der Waals surface area contributed by atoms with E-state index in [9.17, 15) is 9.59 Å². The first-order valence-electron chi connectivity index (χ1n) is 9.05. The number of aromatic nitrogens is 4. The molecule has 0 aliphatic carbocycles. The zero-order chi connectivity index (χ0) is 20.9. The zero-order valence-corrected chi connectivity index (χ0v) is 18.1. The van der Waals surface area contributed by atoms with Crippen LogP contribution in [-0.2, 0) is 14.1 Å². The quantitative estimate of drug-likeness (QED) is 0.482. The maximum atomic E-state index is 12.9. The molecule has 0 amide bonds. The normalized spacial score (nSPS) is 11.8. The van der Waals surface area contributed by atoms with Gasteiger partial charge in [0.2, 0.25) is 0 Å². The predicted molar refractivity (Wildman–Crippen MR) is 119 cm³/mol. The number of rotatable bonds is 3. The smallest absolute Gasteiger partial charge is 0.295 e. The molecule has 0 atom stereocenters. The Morgan fingerprint density at radius 2 is 1.62 bits per heavy atom. The second-order valence-corrected chi connectivity index (χ2v) is 7.93. The summed E-state index contributed by atoms with van der Waals surface area (Å²) in [4.78, 5) is 29.6. The van der Waals surface area contributed by atoms with Gasteiger partial charge in [0.05, 0.1) is 28.0 Å². The zero-order valence-electron chi connectivity index (χ0n) is 16.5. The summed E-state index contributed by atoms with van der Waals surface area (Å²) in [5.74, 6) is 0. The molecule has 0 radical (unpaired) electrons. The first kappa shape index (κ1) is 19.2. The molecule has 0 saturated carbocycles. The number of aliphatic imine (C=N–C) groups is 1. The number of hydrogen-bond donors (Lipinski definition) is 1. The van der Waals surface area contributed by atoms with Crippen molar-refractivity contribution >= 4 is 38.9 Å². The summed E-state index contributed by atoms with van der Waals surface area (Å²) in [5, 5.41) is 3.10. The van der Waals surface area contributed by atoms with Crippen molar-refractivity contribution in [2.24, 2.45) is 19.1 Å². The van der Waals surface area contributed by atoms with Gasteiger partial charge in [0.1, 0.15) is 0 Å². The molecule has 2 heterocycles. The van der Waals surface area contributed by atoms with Gasteiger partial charge in [-0.3, -0.25) is 24.0 Å². The lowest BCUT2D eigenvalue weighted by atomic mass is 10.2. The van der Waals surface area contributed by atoms with E-state index in [4.69, 9.17) is 0 Å². The molecule has 0 aliphatic heterocycles. The summed E-state index contributed by atoms with van der Waals surface area (Å²) >= 11 is 3.52. The molecule has 0 bridgehead atoms. The van der Waals surface area contributed by atoms with Gasteiger partial charge in [0.25, 0.3) is 5.56 Å². The molecule has 7 nitrogen and oxygen atoms in total. The van der Waals surface area contributed by atoms with E-state index in [0.717, 1.165) is 32.5 Å². The Morgan fingerprint density at radius 3 is 2.28 bits per heavy atom. The van der Waals surface area contributed by atoms with Gasteiger partial charge in [0, 0.05) is 30.5 Å². The van der Waals surface area contributed by atoms with Gasteiger partial charge in [-0.25, -0.2) is 9.48 Å². The van der Waals surface area contributed by atoms with Crippen LogP contribution in [0.2, 0.25) is 0 Å². The largest absolute Gasteiger partial charge is 0.328 e. The van der Waals surface area contributed by atoms with Crippen molar-refractivity contribution in [2.45, 2.75) is 13.8 Å². The van der Waals surface area contributed by atoms with Crippen molar-refractivity contribution < 1.29 is 0 Å². The van der Waals surface area contributed by atoms with Crippen LogP contribution in [0, 0.1) is 13.8 Å². The summed E-state index contributed by atoms with van der Waals surface area (Å²) in [6.45, 7) is 3.84. The fourth-order valence-corrected chi connectivity index (χ4v) is 3.76. The maximum Gasteiger partial charge on any atom is 0.328 e. The third kappa shape index (κ3) is 3.19. The maximum absolute atomic E-state index is 12.9. The van der Waals surface area contributed by atoms with Crippen LogP contribution in [0.4, 0.5) is 5.69 Å². The number of benzene rings is 2. The Kier molecular flexibility index (Phi) is 4.66. The number of nitrogens with one attached hydrogen (secondary N) is 1. The third-order valence-electron chi connectivity index (χ3n) is 5.08. The van der Waals surface area contributed by atoms with Gasteiger partial charge >= 0.3 is 5.69 Å². The van der Waals surface area contributed by atoms with Crippen LogP contribution < -0.4 is 11.2 Å². The standard InChI is InChI=1S/C21H20BrN5O2/c1-12-5-7-14(8-6-12)27-20(28)15(13(2)24-27)11-23-17-10-19-18(9-16(17)22)25(3)21(29)26(19)4/h5-11,24H,1-4H3. The second kappa shape index (κ2) is 7.04. The molecule has 0 saturated heterocycles. The van der Waals surface area contributed by atoms with Crippen LogP contribution in [0.25, 0.3) is 16.7 Å². The van der Waals surface area contributed by atoms with Crippen molar-refractivity contribution in [3.63, 3.8) is 0 Å². The van der Waals surface area contributed by atoms with Gasteiger partial charge in [0.15, 0.2) is 0 Å². The fraction of sp³-hybridized carbons (Fsp3) is 0.190. The number of aryl methyl sites for hydroxylation is 4. The van der Waals surface area contributed by atoms with E-state index in [-0.39, 0.29) is 11.2 Å². The van der Waals surface area contributed by atoms with Gasteiger partial charge in [-0.1, -0.05) is 17.7 Å². The first-order chi connectivity index (χ1) is 13.8. The van der Waals surface area contributed by atoms with Crippen LogP contribution in [0.5, 0.6) is 0 Å². The second-order valence-electron chi connectivity index (χ2n) is 7.08. The van der Waals surface area contributed by atoms with Crippen molar-refractivity contribution in [1.82, 2.24) is 18.9 Å². The van der Waals surface area contributed by atoms with E-state index < -0.39 is 0 Å². The molecule has 2 aromatic carbocycles. The molecule has 0 spiro atoms. The third-order valence-corrected chi connectivity index (χ3v) is 5.72. The average Bonchev–Trinajstić information content (AvgIpc) is 3.09. The lowest BCUT2D eigenvalue weighted by Gasteiger charge is -2.01. The highest BCUT2D eigenvalue weighted by Gasteiger charge is 2.13. The summed E-state index contributed by atoms with van der Waals surface area (Å²) in [5.41, 5.74) is 5.06. The van der Waals surface area contributed by atoms with E-state index in [0.29, 0.717) is 11.3 Å². The minimum atomic E-state index is -0.167. The highest BCUT2D eigenvalue weighted by atomic mass is 79.9. The first-order valence-corrected chi connectivity index (χ1v) is 9.85. The molecule has 148 valence electrons. The van der Waals surface area contributed by atoms with E-state index >= 15 is 0 Å². The van der Waals surface area contributed by atoms with Gasteiger partial charge < -0.3 is 0 Å². The summed E-state index contributed by atoms with van der Waals surface area (Å²) in [6, 6.07) is 11.4. The Morgan fingerprint density at radius 1 is 1.00 bits per heavy atom. The lowest BCUT2D eigenvalue weighted by molar-refractivity contribution is 0.795. The van der Waals surface area contributed by atoms with Crippen molar-refractivity contribution in [3.05, 3.63) is 78.5 Å². The molecule has 0 fully saturated rings. The van der Waals surface area contributed by atoms with Crippen LogP contribution in [-0.4, -0.2) is 25.1 Å². The Balaban J connectivity index is 1.78. The molecule has 1 N–H and O–H groups in total. The SMILES string of the molecule is Cc1ccc(-n2[nH]c(C)c(C=Nc3cc4c(cc3Br)n(C)c(=O)n4C)c2=O)cc1. The molecule has 4 rings (SSSR count). The van der Waals surface area contributed by atoms with Crippen LogP contribution in [0.3, 0.4) is 0 Å². The Bertz CT molecular complexity index is 1380. The molecule has 0 aliphatic rings. The number of hydrogen-bond acceptors (Lipinski definition) is 3. The van der Waals surface area contributed by atoms with E-state index in [1.807, 2.05) is 50.2 Å². The molecule has 0 unspecified atom stereocenters. The van der Waals surface area contributed by atoms with E-state index in [1.54, 1.807) is 29.4 Å². The number of fused-ring (bicyclic) bond motifs is 1. The fourth-order valence-electron chi connectivity index (χ4n) is 3.33. The van der Waals surface area contributed by atoms with E-state index in [2.05, 4.69) is 26.0 Å². The topological polar surface area (TPSA) is 77.1 Å². The minimum absolute atomic E-state index is 0.101. The summed E-state index contributed by atoms with van der Waals surface area (Å²) < 4.78 is 5.42.